The molecule has 9 heteroatoms. The Morgan fingerprint density at radius 1 is 1.16 bits per heavy atom. The van der Waals surface area contributed by atoms with Crippen molar-refractivity contribution in [1.82, 2.24) is 15.3 Å². The molecule has 0 spiro atoms. The van der Waals surface area contributed by atoms with Crippen LogP contribution in [-0.2, 0) is 4.74 Å². The molecule has 1 aliphatic rings. The molecule has 4 rings (SSSR count). The van der Waals surface area contributed by atoms with Gasteiger partial charge in [0, 0.05) is 36.1 Å². The number of rotatable bonds is 6. The minimum atomic E-state index is -0.321. The highest BCUT2D eigenvalue weighted by molar-refractivity contribution is 5.94. The van der Waals surface area contributed by atoms with Gasteiger partial charge in [-0.05, 0) is 36.4 Å². The van der Waals surface area contributed by atoms with Gasteiger partial charge in [-0.15, -0.1) is 0 Å². The van der Waals surface area contributed by atoms with Crippen LogP contribution in [0.5, 0.6) is 0 Å². The number of amides is 1. The predicted octanol–water partition coefficient (Wildman–Crippen LogP) is 3.12. The minimum Gasteiger partial charge on any atom is -0.378 e. The molecule has 1 amide bonds. The van der Waals surface area contributed by atoms with Gasteiger partial charge in [0.15, 0.2) is 0 Å². The van der Waals surface area contributed by atoms with E-state index in [1.54, 1.807) is 48.7 Å². The number of benzene rings is 2. The maximum absolute atomic E-state index is 14.6. The van der Waals surface area contributed by atoms with Crippen molar-refractivity contribution in [2.24, 2.45) is 0 Å². The molecule has 3 aromatic rings. The van der Waals surface area contributed by atoms with E-state index >= 15 is 0 Å². The van der Waals surface area contributed by atoms with Crippen molar-refractivity contribution in [3.05, 3.63) is 66.1 Å². The number of nitrogens with one attached hydrogen (secondary N) is 2. The minimum absolute atomic E-state index is 0.0461. The van der Waals surface area contributed by atoms with Crippen LogP contribution in [0, 0.1) is 17.1 Å². The van der Waals surface area contributed by atoms with Gasteiger partial charge in [-0.3, -0.25) is 4.79 Å². The molecule has 2 aromatic carbocycles. The van der Waals surface area contributed by atoms with Gasteiger partial charge in [0.25, 0.3) is 5.91 Å². The number of morpholine rings is 1. The summed E-state index contributed by atoms with van der Waals surface area (Å²) < 4.78 is 20.0. The van der Waals surface area contributed by atoms with Crippen LogP contribution >= 0.6 is 0 Å². The SMILES string of the molecule is N#CCNC(=O)c1ccc(-c2ccnc(Nc3ccc(N4CCOCC4)c(F)c3)n2)cc1. The Bertz CT molecular complexity index is 1140. The fourth-order valence-corrected chi connectivity index (χ4v) is 3.37. The summed E-state index contributed by atoms with van der Waals surface area (Å²) >= 11 is 0. The number of carbonyl (C=O) groups excluding carboxylic acids is 1. The van der Waals surface area contributed by atoms with E-state index in [4.69, 9.17) is 10.00 Å². The maximum Gasteiger partial charge on any atom is 0.252 e. The lowest BCUT2D eigenvalue weighted by Gasteiger charge is -2.29. The molecular formula is C23H21FN6O2. The zero-order chi connectivity index (χ0) is 22.3. The summed E-state index contributed by atoms with van der Waals surface area (Å²) in [5.41, 5.74) is 2.99. The number of nitrogens with zero attached hydrogens (tertiary/aromatic N) is 4. The van der Waals surface area contributed by atoms with Crippen LogP contribution < -0.4 is 15.5 Å². The summed E-state index contributed by atoms with van der Waals surface area (Å²) in [4.78, 5) is 22.6. The van der Waals surface area contributed by atoms with Crippen molar-refractivity contribution >= 4 is 23.2 Å². The third-order valence-electron chi connectivity index (χ3n) is 4.98. The Hall–Kier alpha value is -4.03. The Kier molecular flexibility index (Phi) is 6.53. The highest BCUT2D eigenvalue weighted by Crippen LogP contribution is 2.26. The van der Waals surface area contributed by atoms with Crippen LogP contribution in [0.4, 0.5) is 21.7 Å². The van der Waals surface area contributed by atoms with E-state index in [0.29, 0.717) is 54.9 Å². The van der Waals surface area contributed by atoms with Crippen LogP contribution in [-0.4, -0.2) is 48.7 Å². The average molecular weight is 432 g/mol. The second kappa shape index (κ2) is 9.85. The topological polar surface area (TPSA) is 103 Å². The van der Waals surface area contributed by atoms with Crippen molar-refractivity contribution < 1.29 is 13.9 Å². The van der Waals surface area contributed by atoms with Crippen molar-refractivity contribution in [2.45, 2.75) is 0 Å². The van der Waals surface area contributed by atoms with Crippen molar-refractivity contribution in [3.8, 4) is 17.3 Å². The van der Waals surface area contributed by atoms with Gasteiger partial charge in [-0.1, -0.05) is 12.1 Å². The number of halogens is 1. The fraction of sp³-hybridized carbons (Fsp3) is 0.217. The molecule has 32 heavy (non-hydrogen) atoms. The third-order valence-corrected chi connectivity index (χ3v) is 4.98. The number of hydrogen-bond acceptors (Lipinski definition) is 7. The zero-order valence-electron chi connectivity index (χ0n) is 17.2. The van der Waals surface area contributed by atoms with E-state index in [2.05, 4.69) is 20.6 Å². The Balaban J connectivity index is 1.47. The van der Waals surface area contributed by atoms with Crippen LogP contribution in [0.25, 0.3) is 11.3 Å². The lowest BCUT2D eigenvalue weighted by Crippen LogP contribution is -2.36. The number of hydrogen-bond donors (Lipinski definition) is 2. The highest BCUT2D eigenvalue weighted by atomic mass is 19.1. The van der Waals surface area contributed by atoms with Crippen molar-refractivity contribution in [2.75, 3.05) is 43.1 Å². The van der Waals surface area contributed by atoms with Gasteiger partial charge in [-0.25, -0.2) is 14.4 Å². The molecule has 2 N–H and O–H groups in total. The van der Waals surface area contributed by atoms with Gasteiger partial charge in [0.05, 0.1) is 30.7 Å². The third kappa shape index (κ3) is 4.99. The molecule has 1 fully saturated rings. The maximum atomic E-state index is 14.6. The molecule has 0 saturated carbocycles. The van der Waals surface area contributed by atoms with E-state index in [1.807, 2.05) is 11.0 Å². The summed E-state index contributed by atoms with van der Waals surface area (Å²) in [7, 11) is 0. The Labute approximate surface area is 184 Å². The lowest BCUT2D eigenvalue weighted by atomic mass is 10.1. The number of anilines is 3. The van der Waals surface area contributed by atoms with Crippen molar-refractivity contribution in [3.63, 3.8) is 0 Å². The monoisotopic (exact) mass is 432 g/mol. The van der Waals surface area contributed by atoms with Gasteiger partial charge in [0.1, 0.15) is 12.4 Å². The smallest absolute Gasteiger partial charge is 0.252 e. The molecule has 1 aliphatic heterocycles. The van der Waals surface area contributed by atoms with E-state index in [9.17, 15) is 9.18 Å². The first-order valence-electron chi connectivity index (χ1n) is 10.1. The molecule has 0 bridgehead atoms. The summed E-state index contributed by atoms with van der Waals surface area (Å²) in [5.74, 6) is -0.305. The molecule has 162 valence electrons. The number of ether oxygens (including phenoxy) is 1. The molecule has 1 saturated heterocycles. The first-order chi connectivity index (χ1) is 15.6. The summed E-state index contributed by atoms with van der Waals surface area (Å²) in [5, 5.41) is 14.1. The van der Waals surface area contributed by atoms with Crippen molar-refractivity contribution in [1.29, 1.82) is 5.26 Å². The summed E-state index contributed by atoms with van der Waals surface area (Å²) in [6, 6.07) is 15.4. The average Bonchev–Trinajstić information content (AvgIpc) is 2.83. The normalized spacial score (nSPS) is 13.3. The molecule has 0 radical (unpaired) electrons. The second-order valence-corrected chi connectivity index (χ2v) is 7.07. The van der Waals surface area contributed by atoms with Gasteiger partial charge >= 0.3 is 0 Å². The standard InChI is InChI=1S/C23H21FN6O2/c24-19-15-18(5-6-21(19)30-11-13-32-14-12-30)28-23-27-9-7-20(29-23)16-1-3-17(4-2-16)22(31)26-10-8-25/h1-7,9,15H,10-14H2,(H,26,31)(H,27,28,29). The van der Waals surface area contributed by atoms with E-state index in [1.165, 1.54) is 6.07 Å². The predicted molar refractivity (Wildman–Crippen MR) is 118 cm³/mol. The van der Waals surface area contributed by atoms with Crippen LogP contribution in [0.2, 0.25) is 0 Å². The molecule has 8 nitrogen and oxygen atoms in total. The first-order valence-corrected chi connectivity index (χ1v) is 10.1. The number of carbonyl (C=O) groups is 1. The van der Waals surface area contributed by atoms with Gasteiger partial charge < -0.3 is 20.3 Å². The molecule has 0 atom stereocenters. The summed E-state index contributed by atoms with van der Waals surface area (Å²) in [6.07, 6.45) is 1.61. The number of aromatic nitrogens is 2. The van der Waals surface area contributed by atoms with E-state index in [0.717, 1.165) is 5.56 Å². The van der Waals surface area contributed by atoms with E-state index < -0.39 is 0 Å². The molecule has 0 aliphatic carbocycles. The molecule has 1 aromatic heterocycles. The highest BCUT2D eigenvalue weighted by Gasteiger charge is 2.15. The number of nitriles is 1. The quantitative estimate of drug-likeness (QED) is 0.577. The Morgan fingerprint density at radius 3 is 2.66 bits per heavy atom. The first kappa shape index (κ1) is 21.2. The molecular weight excluding hydrogens is 411 g/mol. The van der Waals surface area contributed by atoms with E-state index in [-0.39, 0.29) is 18.3 Å². The summed E-state index contributed by atoms with van der Waals surface area (Å²) in [6.45, 7) is 2.45. The van der Waals surface area contributed by atoms with Crippen LogP contribution in [0.15, 0.2) is 54.7 Å². The van der Waals surface area contributed by atoms with Gasteiger partial charge in [0.2, 0.25) is 5.95 Å². The van der Waals surface area contributed by atoms with Gasteiger partial charge in [-0.2, -0.15) is 5.26 Å². The molecule has 2 heterocycles. The second-order valence-electron chi connectivity index (χ2n) is 7.07. The zero-order valence-corrected chi connectivity index (χ0v) is 17.2. The van der Waals surface area contributed by atoms with Crippen LogP contribution in [0.1, 0.15) is 10.4 Å². The molecule has 0 unspecified atom stereocenters. The lowest BCUT2D eigenvalue weighted by molar-refractivity contribution is 0.0958. The Morgan fingerprint density at radius 2 is 1.94 bits per heavy atom. The largest absolute Gasteiger partial charge is 0.378 e. The fourth-order valence-electron chi connectivity index (χ4n) is 3.37. The van der Waals surface area contributed by atoms with Crippen LogP contribution in [0.3, 0.4) is 0 Å².